The molecule has 5 heteroatoms. The van der Waals surface area contributed by atoms with Crippen molar-refractivity contribution in [2.75, 3.05) is 7.11 Å². The summed E-state index contributed by atoms with van der Waals surface area (Å²) in [6, 6.07) is 7.56. The van der Waals surface area contributed by atoms with Crippen LogP contribution in [0.1, 0.15) is 22.5 Å². The molecular formula is C15H17N3O2. The van der Waals surface area contributed by atoms with Gasteiger partial charge in [0.15, 0.2) is 5.75 Å². The molecule has 104 valence electrons. The molecule has 0 N–H and O–H groups in total. The highest BCUT2D eigenvalue weighted by Crippen LogP contribution is 2.24. The number of benzene rings is 1. The zero-order valence-corrected chi connectivity index (χ0v) is 12.1. The van der Waals surface area contributed by atoms with Crippen LogP contribution >= 0.6 is 0 Å². The van der Waals surface area contributed by atoms with E-state index in [0.29, 0.717) is 17.9 Å². The number of nitrogens with zero attached hydrogens (tertiary/aromatic N) is 3. The van der Waals surface area contributed by atoms with Crippen LogP contribution in [0.15, 0.2) is 18.2 Å². The molecule has 5 nitrogen and oxygen atoms in total. The van der Waals surface area contributed by atoms with Gasteiger partial charge >= 0.3 is 0 Å². The first-order chi connectivity index (χ1) is 9.56. The molecule has 0 fully saturated rings. The Hall–Kier alpha value is -2.48. The molecule has 0 unspecified atom stereocenters. The van der Waals surface area contributed by atoms with E-state index in [9.17, 15) is 0 Å². The van der Waals surface area contributed by atoms with Crippen molar-refractivity contribution in [3.05, 3.63) is 40.7 Å². The molecule has 0 aliphatic heterocycles. The summed E-state index contributed by atoms with van der Waals surface area (Å²) < 4.78 is 12.7. The summed E-state index contributed by atoms with van der Waals surface area (Å²) in [5, 5.41) is 13.4. The van der Waals surface area contributed by atoms with Crippen molar-refractivity contribution in [3.63, 3.8) is 0 Å². The molecule has 2 rings (SSSR count). The normalized spacial score (nSPS) is 10.2. The molecule has 0 spiro atoms. The molecule has 1 aromatic carbocycles. The number of aromatic nitrogens is 2. The van der Waals surface area contributed by atoms with Crippen molar-refractivity contribution in [2.24, 2.45) is 7.05 Å². The number of hydrogen-bond donors (Lipinski definition) is 0. The van der Waals surface area contributed by atoms with Gasteiger partial charge in [-0.05, 0) is 31.5 Å². The first-order valence-electron chi connectivity index (χ1n) is 6.26. The van der Waals surface area contributed by atoms with Crippen LogP contribution in [-0.2, 0) is 13.7 Å². The molecular weight excluding hydrogens is 254 g/mol. The SMILES string of the molecule is COc1ccc(COc2c(C)nn(C)c2C)cc1C#N. The molecule has 0 atom stereocenters. The fourth-order valence-corrected chi connectivity index (χ4v) is 2.05. The second-order valence-corrected chi connectivity index (χ2v) is 4.56. The number of methoxy groups -OCH3 is 1. The zero-order valence-electron chi connectivity index (χ0n) is 12.1. The lowest BCUT2D eigenvalue weighted by Crippen LogP contribution is -1.99. The number of hydrogen-bond acceptors (Lipinski definition) is 4. The number of nitriles is 1. The maximum atomic E-state index is 9.07. The minimum Gasteiger partial charge on any atom is -0.495 e. The van der Waals surface area contributed by atoms with E-state index in [1.165, 1.54) is 0 Å². The van der Waals surface area contributed by atoms with Gasteiger partial charge in [-0.1, -0.05) is 6.07 Å². The van der Waals surface area contributed by atoms with Crippen LogP contribution in [-0.4, -0.2) is 16.9 Å². The second kappa shape index (κ2) is 5.66. The largest absolute Gasteiger partial charge is 0.495 e. The van der Waals surface area contributed by atoms with Crippen molar-refractivity contribution >= 4 is 0 Å². The average Bonchev–Trinajstić information content (AvgIpc) is 2.70. The minimum atomic E-state index is 0.395. The van der Waals surface area contributed by atoms with Crippen molar-refractivity contribution in [3.8, 4) is 17.6 Å². The van der Waals surface area contributed by atoms with Gasteiger partial charge in [-0.15, -0.1) is 0 Å². The van der Waals surface area contributed by atoms with E-state index in [4.69, 9.17) is 14.7 Å². The van der Waals surface area contributed by atoms with Crippen molar-refractivity contribution in [1.82, 2.24) is 9.78 Å². The van der Waals surface area contributed by atoms with Crippen LogP contribution in [0.5, 0.6) is 11.5 Å². The first kappa shape index (κ1) is 13.9. The standard InChI is InChI=1S/C15H17N3O2/c1-10-15(11(2)18(3)17-10)20-9-12-5-6-14(19-4)13(7-12)8-16/h5-7H,9H2,1-4H3. The summed E-state index contributed by atoms with van der Waals surface area (Å²) >= 11 is 0. The van der Waals surface area contributed by atoms with Gasteiger partial charge in [-0.3, -0.25) is 4.68 Å². The molecule has 0 bridgehead atoms. The quantitative estimate of drug-likeness (QED) is 0.857. The third-order valence-corrected chi connectivity index (χ3v) is 3.21. The summed E-state index contributed by atoms with van der Waals surface area (Å²) in [6.45, 7) is 4.27. The van der Waals surface area contributed by atoms with E-state index >= 15 is 0 Å². The van der Waals surface area contributed by atoms with Gasteiger partial charge in [0.05, 0.1) is 18.4 Å². The second-order valence-electron chi connectivity index (χ2n) is 4.56. The van der Waals surface area contributed by atoms with E-state index in [0.717, 1.165) is 22.7 Å². The predicted octanol–water partition coefficient (Wildman–Crippen LogP) is 2.50. The summed E-state index contributed by atoms with van der Waals surface area (Å²) in [7, 11) is 3.44. The Balaban J connectivity index is 2.17. The van der Waals surface area contributed by atoms with Gasteiger partial charge < -0.3 is 9.47 Å². The van der Waals surface area contributed by atoms with Gasteiger partial charge in [-0.2, -0.15) is 10.4 Å². The lowest BCUT2D eigenvalue weighted by atomic mass is 10.1. The van der Waals surface area contributed by atoms with E-state index in [1.54, 1.807) is 23.9 Å². The van der Waals surface area contributed by atoms with Gasteiger partial charge in [0.2, 0.25) is 0 Å². The first-order valence-corrected chi connectivity index (χ1v) is 6.26. The van der Waals surface area contributed by atoms with E-state index in [-0.39, 0.29) is 0 Å². The highest BCUT2D eigenvalue weighted by molar-refractivity contribution is 5.45. The Bertz CT molecular complexity index is 668. The minimum absolute atomic E-state index is 0.395. The van der Waals surface area contributed by atoms with Crippen LogP contribution in [0.4, 0.5) is 0 Å². The molecule has 0 radical (unpaired) electrons. The summed E-state index contributed by atoms with van der Waals surface area (Å²) in [4.78, 5) is 0. The zero-order chi connectivity index (χ0) is 14.7. The molecule has 1 heterocycles. The predicted molar refractivity (Wildman–Crippen MR) is 74.7 cm³/mol. The Morgan fingerprint density at radius 2 is 2.10 bits per heavy atom. The maximum Gasteiger partial charge on any atom is 0.163 e. The smallest absolute Gasteiger partial charge is 0.163 e. The summed E-state index contributed by atoms with van der Waals surface area (Å²) in [5.74, 6) is 1.37. The van der Waals surface area contributed by atoms with Crippen LogP contribution in [0.25, 0.3) is 0 Å². The van der Waals surface area contributed by atoms with Crippen molar-refractivity contribution in [1.29, 1.82) is 5.26 Å². The Morgan fingerprint density at radius 1 is 1.35 bits per heavy atom. The number of rotatable bonds is 4. The van der Waals surface area contributed by atoms with Gasteiger partial charge in [-0.25, -0.2) is 0 Å². The Morgan fingerprint density at radius 3 is 2.65 bits per heavy atom. The van der Waals surface area contributed by atoms with Crippen LogP contribution in [0.2, 0.25) is 0 Å². The topological polar surface area (TPSA) is 60.1 Å². The molecule has 0 amide bonds. The van der Waals surface area contributed by atoms with Crippen LogP contribution < -0.4 is 9.47 Å². The maximum absolute atomic E-state index is 9.07. The third-order valence-electron chi connectivity index (χ3n) is 3.21. The molecule has 0 aliphatic rings. The molecule has 0 saturated heterocycles. The number of aryl methyl sites for hydroxylation is 2. The molecule has 0 aliphatic carbocycles. The summed E-state index contributed by atoms with van der Waals surface area (Å²) in [6.07, 6.45) is 0. The number of ether oxygens (including phenoxy) is 2. The van der Waals surface area contributed by atoms with Crippen molar-refractivity contribution < 1.29 is 9.47 Å². The Kier molecular flexibility index (Phi) is 3.94. The summed E-state index contributed by atoms with van der Waals surface area (Å²) in [5.41, 5.74) is 3.27. The van der Waals surface area contributed by atoms with E-state index in [2.05, 4.69) is 11.2 Å². The fraction of sp³-hybridized carbons (Fsp3) is 0.333. The lowest BCUT2D eigenvalue weighted by Gasteiger charge is -2.08. The molecule has 2 aromatic rings. The van der Waals surface area contributed by atoms with Gasteiger partial charge in [0.1, 0.15) is 24.1 Å². The van der Waals surface area contributed by atoms with E-state index in [1.807, 2.05) is 27.0 Å². The van der Waals surface area contributed by atoms with Crippen LogP contribution in [0, 0.1) is 25.2 Å². The average molecular weight is 271 g/mol. The fourth-order valence-electron chi connectivity index (χ4n) is 2.05. The van der Waals surface area contributed by atoms with E-state index < -0.39 is 0 Å². The van der Waals surface area contributed by atoms with Gasteiger partial charge in [0, 0.05) is 7.05 Å². The molecule has 0 saturated carbocycles. The van der Waals surface area contributed by atoms with Crippen molar-refractivity contribution in [2.45, 2.75) is 20.5 Å². The highest BCUT2D eigenvalue weighted by atomic mass is 16.5. The monoisotopic (exact) mass is 271 g/mol. The lowest BCUT2D eigenvalue weighted by molar-refractivity contribution is 0.301. The van der Waals surface area contributed by atoms with Gasteiger partial charge in [0.25, 0.3) is 0 Å². The Labute approximate surface area is 118 Å². The van der Waals surface area contributed by atoms with Crippen LogP contribution in [0.3, 0.4) is 0 Å². The molecule has 20 heavy (non-hydrogen) atoms. The third kappa shape index (κ3) is 2.59. The highest BCUT2D eigenvalue weighted by Gasteiger charge is 2.11. The molecule has 1 aromatic heterocycles.